The minimum Gasteiger partial charge on any atom is -0.158 e. The number of allylic oxidation sites excluding steroid dienone is 4. The molecule has 0 unspecified atom stereocenters. The van der Waals surface area contributed by atoms with E-state index in [1.54, 1.807) is 0 Å². The van der Waals surface area contributed by atoms with Crippen molar-refractivity contribution in [1.82, 2.24) is 0 Å². The van der Waals surface area contributed by atoms with Crippen LogP contribution in [0.3, 0.4) is 0 Å². The Balaban J connectivity index is 2.32. The van der Waals surface area contributed by atoms with Crippen LogP contribution in [0.2, 0.25) is 0 Å². The van der Waals surface area contributed by atoms with Crippen molar-refractivity contribution in [1.29, 1.82) is 0 Å². The Kier molecular flexibility index (Phi) is 0.387. The topological polar surface area (TPSA) is 24.7 Å². The van der Waals surface area contributed by atoms with Gasteiger partial charge in [0.2, 0.25) is 0 Å². The summed E-state index contributed by atoms with van der Waals surface area (Å²) in [6.45, 7) is 0. The van der Waals surface area contributed by atoms with Gasteiger partial charge in [0, 0.05) is 12.0 Å². The van der Waals surface area contributed by atoms with Gasteiger partial charge in [-0.05, 0) is 17.2 Å². The van der Waals surface area contributed by atoms with Crippen molar-refractivity contribution in [3.63, 3.8) is 0 Å². The summed E-state index contributed by atoms with van der Waals surface area (Å²) in [4.78, 5) is 0. The number of hydrogen-bond donors (Lipinski definition) is 0. The fourth-order valence-corrected chi connectivity index (χ4v) is 1.32. The summed E-state index contributed by atoms with van der Waals surface area (Å²) >= 11 is 0. The van der Waals surface area contributed by atoms with Gasteiger partial charge in [0.05, 0.1) is 11.9 Å². The van der Waals surface area contributed by atoms with Crippen LogP contribution < -0.4 is 0 Å². The molecule has 0 amide bonds. The molecule has 0 bridgehead atoms. The lowest BCUT2D eigenvalue weighted by molar-refractivity contribution is 1.28. The molecule has 2 nitrogen and oxygen atoms in total. The Bertz CT molecular complexity index is 312. The van der Waals surface area contributed by atoms with Crippen LogP contribution >= 0.6 is 0 Å². The van der Waals surface area contributed by atoms with Gasteiger partial charge in [0.1, 0.15) is 0 Å². The van der Waals surface area contributed by atoms with Crippen molar-refractivity contribution in [2.24, 2.45) is 10.2 Å². The Hall–Kier alpha value is -1.18. The number of fused-ring (bicyclic) bond motifs is 2. The fourth-order valence-electron chi connectivity index (χ4n) is 1.32. The highest BCUT2D eigenvalue weighted by molar-refractivity contribution is 6.31. The molecule has 2 aliphatic carbocycles. The third-order valence-corrected chi connectivity index (χ3v) is 1.87. The molecular formula is C7H4N2. The normalized spacial score (nSPS) is 25.8. The minimum absolute atomic E-state index is 1.13. The average Bonchev–Trinajstić information content (AvgIpc) is 2.38. The minimum atomic E-state index is 1.13. The molecule has 2 heteroatoms. The third-order valence-electron chi connectivity index (χ3n) is 1.87. The lowest BCUT2D eigenvalue weighted by atomic mass is 10.1. The predicted molar refractivity (Wildman–Crippen MR) is 35.7 cm³/mol. The smallest absolute Gasteiger partial charge is 0.0983 e. The summed E-state index contributed by atoms with van der Waals surface area (Å²) in [5.41, 5.74) is 5.23. The summed E-state index contributed by atoms with van der Waals surface area (Å²) in [6.07, 6.45) is 5.15. The summed E-state index contributed by atoms with van der Waals surface area (Å²) in [6, 6.07) is 0. The molecule has 0 atom stereocenters. The predicted octanol–water partition coefficient (Wildman–Crippen LogP) is 1.07. The maximum absolute atomic E-state index is 3.98. The highest BCUT2D eigenvalue weighted by atomic mass is 15.2. The van der Waals surface area contributed by atoms with Crippen LogP contribution in [0.5, 0.6) is 0 Å². The zero-order valence-corrected chi connectivity index (χ0v) is 4.76. The van der Waals surface area contributed by atoms with Crippen LogP contribution in [-0.2, 0) is 0 Å². The van der Waals surface area contributed by atoms with E-state index in [1.165, 1.54) is 16.7 Å². The van der Waals surface area contributed by atoms with E-state index >= 15 is 0 Å². The zero-order chi connectivity index (χ0) is 5.84. The van der Waals surface area contributed by atoms with Crippen LogP contribution in [-0.4, -0.2) is 11.9 Å². The molecule has 0 aromatic heterocycles. The van der Waals surface area contributed by atoms with E-state index in [2.05, 4.69) is 16.3 Å². The maximum Gasteiger partial charge on any atom is 0.0983 e. The molecule has 0 N–H and O–H groups in total. The highest BCUT2D eigenvalue weighted by Crippen LogP contribution is 2.42. The number of nitrogens with zero attached hydrogens (tertiary/aromatic N) is 2. The van der Waals surface area contributed by atoms with Crippen LogP contribution in [0.25, 0.3) is 0 Å². The first-order chi connectivity index (χ1) is 4.45. The van der Waals surface area contributed by atoms with E-state index in [0.29, 0.717) is 0 Å². The van der Waals surface area contributed by atoms with Crippen molar-refractivity contribution in [2.45, 2.75) is 6.42 Å². The van der Waals surface area contributed by atoms with Crippen LogP contribution in [0.15, 0.2) is 33.0 Å². The zero-order valence-electron chi connectivity index (χ0n) is 4.76. The quantitative estimate of drug-likeness (QED) is 0.452. The SMILES string of the molecule is C1=NN=C2C1=CC1=C2C1. The first-order valence-electron chi connectivity index (χ1n) is 3.00. The molecule has 3 rings (SSSR count). The second kappa shape index (κ2) is 0.923. The number of rotatable bonds is 0. The first kappa shape index (κ1) is 3.77. The fraction of sp³-hybridized carbons (Fsp3) is 0.143. The van der Waals surface area contributed by atoms with E-state index in [4.69, 9.17) is 0 Å². The highest BCUT2D eigenvalue weighted by Gasteiger charge is 2.34. The number of hydrogen-bond acceptors (Lipinski definition) is 2. The monoisotopic (exact) mass is 116 g/mol. The summed E-state index contributed by atoms with van der Waals surface area (Å²) < 4.78 is 0. The lowest BCUT2D eigenvalue weighted by Gasteiger charge is -1.89. The molecule has 0 radical (unpaired) electrons. The largest absolute Gasteiger partial charge is 0.158 e. The Morgan fingerprint density at radius 3 is 3.33 bits per heavy atom. The van der Waals surface area contributed by atoms with E-state index in [-0.39, 0.29) is 0 Å². The molecule has 0 saturated carbocycles. The van der Waals surface area contributed by atoms with Gasteiger partial charge in [-0.3, -0.25) is 0 Å². The van der Waals surface area contributed by atoms with E-state index in [1.807, 2.05) is 6.21 Å². The standard InChI is InChI=1S/C7H4N2/c1-4-2-6(4)7-5(1)3-8-9-7/h1,3H,2H2. The van der Waals surface area contributed by atoms with E-state index < -0.39 is 0 Å². The Morgan fingerprint density at radius 1 is 1.44 bits per heavy atom. The molecule has 1 heterocycles. The lowest BCUT2D eigenvalue weighted by Crippen LogP contribution is -1.94. The van der Waals surface area contributed by atoms with Gasteiger partial charge in [0.25, 0.3) is 0 Å². The molecular weight excluding hydrogens is 112 g/mol. The molecule has 1 aliphatic heterocycles. The van der Waals surface area contributed by atoms with Crippen molar-refractivity contribution in [3.05, 3.63) is 22.8 Å². The van der Waals surface area contributed by atoms with Gasteiger partial charge in [-0.1, -0.05) is 0 Å². The van der Waals surface area contributed by atoms with Crippen molar-refractivity contribution in [2.75, 3.05) is 0 Å². The van der Waals surface area contributed by atoms with Crippen molar-refractivity contribution < 1.29 is 0 Å². The van der Waals surface area contributed by atoms with Gasteiger partial charge in [0.15, 0.2) is 0 Å². The second-order valence-corrected chi connectivity index (χ2v) is 2.47. The molecule has 0 aromatic carbocycles. The second-order valence-electron chi connectivity index (χ2n) is 2.47. The molecule has 0 spiro atoms. The van der Waals surface area contributed by atoms with Gasteiger partial charge in [-0.25, -0.2) is 0 Å². The Morgan fingerprint density at radius 2 is 2.44 bits per heavy atom. The third kappa shape index (κ3) is 0.304. The molecule has 0 aromatic rings. The van der Waals surface area contributed by atoms with Gasteiger partial charge in [-0.15, -0.1) is 0 Å². The average molecular weight is 116 g/mol. The maximum atomic E-state index is 3.98. The summed E-state index contributed by atoms with van der Waals surface area (Å²) in [7, 11) is 0. The van der Waals surface area contributed by atoms with Crippen LogP contribution in [0.1, 0.15) is 6.42 Å². The Labute approximate surface area is 52.3 Å². The van der Waals surface area contributed by atoms with Gasteiger partial charge < -0.3 is 0 Å². The van der Waals surface area contributed by atoms with E-state index in [9.17, 15) is 0 Å². The van der Waals surface area contributed by atoms with E-state index in [0.717, 1.165) is 12.1 Å². The summed E-state index contributed by atoms with van der Waals surface area (Å²) in [5.74, 6) is 0. The van der Waals surface area contributed by atoms with Gasteiger partial charge in [-0.2, -0.15) is 10.2 Å². The molecule has 3 aliphatic rings. The molecule has 9 heavy (non-hydrogen) atoms. The van der Waals surface area contributed by atoms with Crippen molar-refractivity contribution in [3.8, 4) is 0 Å². The van der Waals surface area contributed by atoms with Gasteiger partial charge >= 0.3 is 0 Å². The molecule has 0 saturated heterocycles. The van der Waals surface area contributed by atoms with Crippen molar-refractivity contribution >= 4 is 11.9 Å². The summed E-state index contributed by atoms with van der Waals surface area (Å²) in [5, 5.41) is 7.79. The first-order valence-corrected chi connectivity index (χ1v) is 3.00. The van der Waals surface area contributed by atoms with Crippen LogP contribution in [0.4, 0.5) is 0 Å². The van der Waals surface area contributed by atoms with Crippen LogP contribution in [0, 0.1) is 0 Å². The molecule has 42 valence electrons. The molecule has 0 fully saturated rings.